The number of halogens is 1. The summed E-state index contributed by atoms with van der Waals surface area (Å²) in [6.07, 6.45) is 3.23. The van der Waals surface area contributed by atoms with E-state index in [1.165, 1.54) is 11.0 Å². The minimum atomic E-state index is -0.759. The van der Waals surface area contributed by atoms with E-state index in [1.807, 2.05) is 4.90 Å². The molecule has 2 aliphatic heterocycles. The lowest BCUT2D eigenvalue weighted by Crippen LogP contribution is -2.53. The van der Waals surface area contributed by atoms with E-state index in [2.05, 4.69) is 31.0 Å². The van der Waals surface area contributed by atoms with E-state index in [4.69, 9.17) is 11.6 Å². The number of benzene rings is 1. The van der Waals surface area contributed by atoms with Crippen LogP contribution in [0.15, 0.2) is 18.2 Å². The molecule has 1 N–H and O–H groups in total. The largest absolute Gasteiger partial charge is 0.363 e. The van der Waals surface area contributed by atoms with Crippen LogP contribution in [0.5, 0.6) is 0 Å². The first-order valence-electron chi connectivity index (χ1n) is 11.6. The van der Waals surface area contributed by atoms with Gasteiger partial charge < -0.3 is 10.2 Å². The molecule has 9 nitrogen and oxygen atoms in total. The van der Waals surface area contributed by atoms with Gasteiger partial charge in [-0.25, -0.2) is 9.69 Å². The molecule has 4 rings (SSSR count). The molecule has 10 heteroatoms. The molecule has 3 amide bonds. The topological polar surface area (TPSA) is 99.0 Å². The summed E-state index contributed by atoms with van der Waals surface area (Å²) in [5.41, 5.74) is -0.0393. The predicted molar refractivity (Wildman–Crippen MR) is 126 cm³/mol. The molecule has 0 bridgehead atoms. The van der Waals surface area contributed by atoms with Crippen molar-refractivity contribution < 1.29 is 14.5 Å². The van der Waals surface area contributed by atoms with Gasteiger partial charge in [-0.1, -0.05) is 32.4 Å². The number of carbonyl (C=O) groups is 2. The van der Waals surface area contributed by atoms with Gasteiger partial charge in [0.25, 0.3) is 11.6 Å². The minimum absolute atomic E-state index is 0.0159. The van der Waals surface area contributed by atoms with E-state index in [0.29, 0.717) is 55.6 Å². The molecule has 2 saturated heterocycles. The van der Waals surface area contributed by atoms with Crippen LogP contribution in [0.1, 0.15) is 46.5 Å². The number of nitro groups is 1. The Kier molecular flexibility index (Phi) is 6.30. The van der Waals surface area contributed by atoms with E-state index >= 15 is 0 Å². The zero-order chi connectivity index (χ0) is 24.0. The Balaban J connectivity index is 1.36. The van der Waals surface area contributed by atoms with Crippen molar-refractivity contribution in [1.82, 2.24) is 15.1 Å². The molecule has 33 heavy (non-hydrogen) atoms. The summed E-state index contributed by atoms with van der Waals surface area (Å²) in [7, 11) is 0. The molecular formula is C23H32ClN5O4. The molecule has 1 saturated carbocycles. The van der Waals surface area contributed by atoms with Gasteiger partial charge in [0, 0.05) is 37.3 Å². The standard InChI is InChI=1S/C23H32ClN5O4/c1-22(2,3)16-6-8-23(9-7-16)20(30)28(21(31)25-23)15-26-10-12-27(13-11-26)18-5-4-17(24)14-19(18)29(32)33/h4-5,14,16H,6-13,15H2,1-3H3,(H,25,31). The number of imide groups is 1. The molecule has 1 spiro atoms. The van der Waals surface area contributed by atoms with Crippen LogP contribution in [0, 0.1) is 21.4 Å². The van der Waals surface area contributed by atoms with Crippen molar-refractivity contribution in [3.8, 4) is 0 Å². The Morgan fingerprint density at radius 2 is 1.79 bits per heavy atom. The molecule has 3 fully saturated rings. The first kappa shape index (κ1) is 23.8. The fraction of sp³-hybridized carbons (Fsp3) is 0.652. The van der Waals surface area contributed by atoms with Gasteiger partial charge in [-0.15, -0.1) is 0 Å². The van der Waals surface area contributed by atoms with Gasteiger partial charge in [-0.05, 0) is 49.1 Å². The molecule has 180 valence electrons. The molecule has 1 aliphatic carbocycles. The second kappa shape index (κ2) is 8.76. The van der Waals surface area contributed by atoms with Gasteiger partial charge in [0.1, 0.15) is 11.2 Å². The monoisotopic (exact) mass is 477 g/mol. The van der Waals surface area contributed by atoms with E-state index in [9.17, 15) is 19.7 Å². The fourth-order valence-electron chi connectivity index (χ4n) is 5.36. The van der Waals surface area contributed by atoms with E-state index in [-0.39, 0.29) is 29.7 Å². The molecule has 0 aromatic heterocycles. The van der Waals surface area contributed by atoms with Crippen molar-refractivity contribution in [2.24, 2.45) is 11.3 Å². The predicted octanol–water partition coefficient (Wildman–Crippen LogP) is 3.85. The lowest BCUT2D eigenvalue weighted by atomic mass is 9.67. The van der Waals surface area contributed by atoms with Crippen molar-refractivity contribution in [2.75, 3.05) is 37.7 Å². The summed E-state index contributed by atoms with van der Waals surface area (Å²) in [4.78, 5) is 42.3. The van der Waals surface area contributed by atoms with Gasteiger partial charge in [0.15, 0.2) is 0 Å². The van der Waals surface area contributed by atoms with Crippen LogP contribution in [0.4, 0.5) is 16.2 Å². The maximum Gasteiger partial charge on any atom is 0.326 e. The van der Waals surface area contributed by atoms with E-state index in [1.54, 1.807) is 12.1 Å². The molecule has 0 radical (unpaired) electrons. The quantitative estimate of drug-likeness (QED) is 0.401. The molecule has 3 aliphatic rings. The second-order valence-electron chi connectivity index (χ2n) is 10.5. The first-order chi connectivity index (χ1) is 15.5. The van der Waals surface area contributed by atoms with Crippen LogP contribution >= 0.6 is 11.6 Å². The third kappa shape index (κ3) is 4.66. The van der Waals surface area contributed by atoms with Crippen molar-refractivity contribution >= 4 is 34.9 Å². The Labute approximate surface area is 199 Å². The van der Waals surface area contributed by atoms with Crippen LogP contribution in [-0.4, -0.2) is 65.0 Å². The van der Waals surface area contributed by atoms with Crippen molar-refractivity contribution in [3.63, 3.8) is 0 Å². The number of nitrogens with zero attached hydrogens (tertiary/aromatic N) is 4. The zero-order valence-corrected chi connectivity index (χ0v) is 20.2. The number of urea groups is 1. The van der Waals surface area contributed by atoms with Crippen LogP contribution in [0.25, 0.3) is 0 Å². The Morgan fingerprint density at radius 1 is 1.15 bits per heavy atom. The summed E-state index contributed by atoms with van der Waals surface area (Å²) in [5, 5.41) is 14.8. The van der Waals surface area contributed by atoms with Crippen LogP contribution < -0.4 is 10.2 Å². The lowest BCUT2D eigenvalue weighted by molar-refractivity contribution is -0.384. The number of rotatable bonds is 4. The fourth-order valence-corrected chi connectivity index (χ4v) is 5.53. The minimum Gasteiger partial charge on any atom is -0.363 e. The Bertz CT molecular complexity index is 947. The highest BCUT2D eigenvalue weighted by Gasteiger charge is 2.53. The van der Waals surface area contributed by atoms with Gasteiger partial charge in [-0.2, -0.15) is 0 Å². The van der Waals surface area contributed by atoms with E-state index in [0.717, 1.165) is 12.8 Å². The highest BCUT2D eigenvalue weighted by Crippen LogP contribution is 2.43. The van der Waals surface area contributed by atoms with Gasteiger partial charge >= 0.3 is 6.03 Å². The highest BCUT2D eigenvalue weighted by atomic mass is 35.5. The lowest BCUT2D eigenvalue weighted by Gasteiger charge is -2.41. The molecule has 1 aromatic rings. The third-order valence-electron chi connectivity index (χ3n) is 7.50. The number of nitro benzene ring substituents is 1. The van der Waals surface area contributed by atoms with Gasteiger partial charge in [0.05, 0.1) is 11.6 Å². The summed E-state index contributed by atoms with van der Waals surface area (Å²) in [6, 6.07) is 4.37. The third-order valence-corrected chi connectivity index (χ3v) is 7.73. The summed E-state index contributed by atoms with van der Waals surface area (Å²) >= 11 is 5.93. The number of carbonyl (C=O) groups excluding carboxylic acids is 2. The second-order valence-corrected chi connectivity index (χ2v) is 11.0. The van der Waals surface area contributed by atoms with Crippen LogP contribution in [-0.2, 0) is 4.79 Å². The average molecular weight is 478 g/mol. The maximum atomic E-state index is 13.3. The smallest absolute Gasteiger partial charge is 0.326 e. The van der Waals surface area contributed by atoms with Crippen LogP contribution in [0.2, 0.25) is 5.02 Å². The Hall–Kier alpha value is -2.39. The highest BCUT2D eigenvalue weighted by molar-refractivity contribution is 6.30. The normalized spacial score (nSPS) is 26.7. The van der Waals surface area contributed by atoms with Crippen molar-refractivity contribution in [3.05, 3.63) is 33.3 Å². The summed E-state index contributed by atoms with van der Waals surface area (Å²) in [6.45, 7) is 9.24. The number of hydrogen-bond acceptors (Lipinski definition) is 6. The van der Waals surface area contributed by atoms with Gasteiger partial charge in [0.2, 0.25) is 0 Å². The van der Waals surface area contributed by atoms with Crippen molar-refractivity contribution in [2.45, 2.75) is 52.0 Å². The molecule has 0 unspecified atom stereocenters. The number of amides is 3. The average Bonchev–Trinajstić information content (AvgIpc) is 2.98. The molecule has 2 heterocycles. The summed E-state index contributed by atoms with van der Waals surface area (Å²) < 4.78 is 0. The maximum absolute atomic E-state index is 13.3. The molecular weight excluding hydrogens is 446 g/mol. The molecule has 0 atom stereocenters. The van der Waals surface area contributed by atoms with Crippen LogP contribution in [0.3, 0.4) is 0 Å². The number of nitrogens with one attached hydrogen (secondary N) is 1. The Morgan fingerprint density at radius 3 is 2.36 bits per heavy atom. The summed E-state index contributed by atoms with van der Waals surface area (Å²) in [5.74, 6) is 0.433. The zero-order valence-electron chi connectivity index (χ0n) is 19.5. The number of anilines is 1. The number of piperazine rings is 1. The van der Waals surface area contributed by atoms with Gasteiger partial charge in [-0.3, -0.25) is 19.8 Å². The molecule has 1 aromatic carbocycles. The first-order valence-corrected chi connectivity index (χ1v) is 11.9. The van der Waals surface area contributed by atoms with E-state index < -0.39 is 10.5 Å². The number of hydrogen-bond donors (Lipinski definition) is 1. The van der Waals surface area contributed by atoms with Crippen molar-refractivity contribution in [1.29, 1.82) is 0 Å². The SMILES string of the molecule is CC(C)(C)C1CCC2(CC1)NC(=O)N(CN1CCN(c3ccc(Cl)cc3[N+](=O)[O-])CC1)C2=O.